The summed E-state index contributed by atoms with van der Waals surface area (Å²) in [6.45, 7) is 1.98. The van der Waals surface area contributed by atoms with Crippen LogP contribution in [0.3, 0.4) is 0 Å². The summed E-state index contributed by atoms with van der Waals surface area (Å²) in [4.78, 5) is 0. The molecule has 0 unspecified atom stereocenters. The summed E-state index contributed by atoms with van der Waals surface area (Å²) < 4.78 is 98.3. The standard InChI is InChI=1S/C25H15F7O/c1-2-13-3-6-18-14(9-13)5-8-19(23(18)29)15-4-7-17(20(26)10-15)16-11-21(27)24(22(28)12-16)33-25(30,31)32/h3-12H,2H2,1H3. The van der Waals surface area contributed by atoms with E-state index in [0.29, 0.717) is 22.9 Å². The lowest BCUT2D eigenvalue weighted by atomic mass is 9.96. The molecule has 4 rings (SSSR count). The number of ether oxygens (including phenoxy) is 1. The second-order valence-corrected chi connectivity index (χ2v) is 7.35. The largest absolute Gasteiger partial charge is 0.573 e. The summed E-state index contributed by atoms with van der Waals surface area (Å²) in [5.41, 5.74) is 0.742. The summed E-state index contributed by atoms with van der Waals surface area (Å²) in [5.74, 6) is -6.40. The van der Waals surface area contributed by atoms with Gasteiger partial charge in [-0.15, -0.1) is 13.2 Å². The molecule has 0 saturated heterocycles. The molecule has 8 heteroatoms. The van der Waals surface area contributed by atoms with Crippen molar-refractivity contribution in [1.29, 1.82) is 0 Å². The maximum Gasteiger partial charge on any atom is 0.573 e. The van der Waals surface area contributed by atoms with Crippen molar-refractivity contribution in [2.75, 3.05) is 0 Å². The van der Waals surface area contributed by atoms with Crippen LogP contribution in [0.15, 0.2) is 60.7 Å². The van der Waals surface area contributed by atoms with Crippen molar-refractivity contribution in [3.63, 3.8) is 0 Å². The minimum Gasteiger partial charge on any atom is -0.399 e. The van der Waals surface area contributed by atoms with Crippen molar-refractivity contribution < 1.29 is 35.5 Å². The number of alkyl halides is 3. The Morgan fingerprint density at radius 3 is 1.94 bits per heavy atom. The quantitative estimate of drug-likeness (QED) is 0.277. The van der Waals surface area contributed by atoms with E-state index in [0.717, 1.165) is 18.1 Å². The van der Waals surface area contributed by atoms with Crippen molar-refractivity contribution in [2.24, 2.45) is 0 Å². The Kier molecular flexibility index (Phi) is 5.78. The fraction of sp³-hybridized carbons (Fsp3) is 0.120. The third kappa shape index (κ3) is 4.51. The molecule has 0 aliphatic carbocycles. The van der Waals surface area contributed by atoms with E-state index in [9.17, 15) is 26.3 Å². The van der Waals surface area contributed by atoms with E-state index in [2.05, 4.69) is 4.74 Å². The first kappa shape index (κ1) is 22.6. The molecule has 4 aromatic carbocycles. The number of hydrogen-bond acceptors (Lipinski definition) is 1. The Morgan fingerprint density at radius 1 is 0.697 bits per heavy atom. The van der Waals surface area contributed by atoms with Gasteiger partial charge in [-0.2, -0.15) is 0 Å². The minimum absolute atomic E-state index is 0.128. The van der Waals surface area contributed by atoms with Crippen LogP contribution < -0.4 is 4.74 Å². The average Bonchev–Trinajstić information content (AvgIpc) is 2.75. The Labute approximate surface area is 184 Å². The lowest BCUT2D eigenvalue weighted by Crippen LogP contribution is -2.19. The second kappa shape index (κ2) is 8.42. The Morgan fingerprint density at radius 2 is 1.33 bits per heavy atom. The third-order valence-corrected chi connectivity index (χ3v) is 5.23. The van der Waals surface area contributed by atoms with E-state index < -0.39 is 35.4 Å². The molecule has 4 aromatic rings. The summed E-state index contributed by atoms with van der Waals surface area (Å²) >= 11 is 0. The predicted octanol–water partition coefficient (Wildman–Crippen LogP) is 8.19. The molecule has 0 spiro atoms. The van der Waals surface area contributed by atoms with Crippen LogP contribution in [0.25, 0.3) is 33.0 Å². The Bertz CT molecular complexity index is 1340. The molecule has 0 aliphatic rings. The highest BCUT2D eigenvalue weighted by Crippen LogP contribution is 2.36. The Balaban J connectivity index is 1.73. The molecular formula is C25H15F7O. The van der Waals surface area contributed by atoms with Crippen molar-refractivity contribution in [3.8, 4) is 28.0 Å². The van der Waals surface area contributed by atoms with Crippen LogP contribution in [0.5, 0.6) is 5.75 Å². The van der Waals surface area contributed by atoms with Gasteiger partial charge in [0.1, 0.15) is 11.6 Å². The summed E-state index contributed by atoms with van der Waals surface area (Å²) in [7, 11) is 0. The number of halogens is 7. The molecule has 0 atom stereocenters. The number of hydrogen-bond donors (Lipinski definition) is 0. The predicted molar refractivity (Wildman–Crippen MR) is 111 cm³/mol. The Hall–Kier alpha value is -3.55. The molecule has 1 nitrogen and oxygen atoms in total. The zero-order chi connectivity index (χ0) is 23.9. The fourth-order valence-electron chi connectivity index (χ4n) is 3.63. The molecular weight excluding hydrogens is 449 g/mol. The van der Waals surface area contributed by atoms with Gasteiger partial charge in [0.2, 0.25) is 5.75 Å². The molecule has 0 aromatic heterocycles. The highest BCUT2D eigenvalue weighted by atomic mass is 19.4. The van der Waals surface area contributed by atoms with E-state index >= 15 is 4.39 Å². The van der Waals surface area contributed by atoms with Crippen molar-refractivity contribution in [3.05, 3.63) is 89.5 Å². The summed E-state index contributed by atoms with van der Waals surface area (Å²) in [6.07, 6.45) is -4.51. The lowest BCUT2D eigenvalue weighted by molar-refractivity contribution is -0.276. The molecule has 0 aliphatic heterocycles. The zero-order valence-electron chi connectivity index (χ0n) is 17.0. The normalized spacial score (nSPS) is 11.8. The maximum atomic E-state index is 15.1. The van der Waals surface area contributed by atoms with Gasteiger partial charge in [-0.05, 0) is 46.7 Å². The molecule has 0 saturated carbocycles. The van der Waals surface area contributed by atoms with Gasteiger partial charge in [0, 0.05) is 16.5 Å². The molecule has 0 N–H and O–H groups in total. The first-order valence-electron chi connectivity index (χ1n) is 9.83. The average molecular weight is 464 g/mol. The van der Waals surface area contributed by atoms with Gasteiger partial charge in [-0.3, -0.25) is 0 Å². The first-order chi connectivity index (χ1) is 15.6. The highest BCUT2D eigenvalue weighted by molar-refractivity contribution is 5.89. The van der Waals surface area contributed by atoms with Gasteiger partial charge in [0.05, 0.1) is 0 Å². The molecule has 170 valence electrons. The van der Waals surface area contributed by atoms with Gasteiger partial charge < -0.3 is 4.74 Å². The lowest BCUT2D eigenvalue weighted by Gasteiger charge is -2.13. The number of fused-ring (bicyclic) bond motifs is 1. The van der Waals surface area contributed by atoms with Crippen LogP contribution in [0.2, 0.25) is 0 Å². The highest BCUT2D eigenvalue weighted by Gasteiger charge is 2.34. The minimum atomic E-state index is -5.29. The van der Waals surface area contributed by atoms with E-state index in [4.69, 9.17) is 0 Å². The van der Waals surface area contributed by atoms with Gasteiger partial charge in [-0.1, -0.05) is 49.4 Å². The van der Waals surface area contributed by atoms with Crippen molar-refractivity contribution in [2.45, 2.75) is 19.7 Å². The van der Waals surface area contributed by atoms with E-state index in [-0.39, 0.29) is 22.3 Å². The first-order valence-corrected chi connectivity index (χ1v) is 9.83. The van der Waals surface area contributed by atoms with Crippen LogP contribution in [0.4, 0.5) is 30.7 Å². The SMILES string of the molecule is CCc1ccc2c(F)c(-c3ccc(-c4cc(F)c(OC(F)(F)F)c(F)c4)c(F)c3)ccc2c1. The zero-order valence-corrected chi connectivity index (χ0v) is 17.0. The number of benzene rings is 4. The van der Waals surface area contributed by atoms with Crippen LogP contribution in [-0.4, -0.2) is 6.36 Å². The monoisotopic (exact) mass is 464 g/mol. The van der Waals surface area contributed by atoms with E-state index in [1.807, 2.05) is 13.0 Å². The molecule has 0 heterocycles. The van der Waals surface area contributed by atoms with Crippen molar-refractivity contribution in [1.82, 2.24) is 0 Å². The number of rotatable bonds is 4. The summed E-state index contributed by atoms with van der Waals surface area (Å²) in [6, 6.07) is 13.1. The molecule has 0 radical (unpaired) electrons. The summed E-state index contributed by atoms with van der Waals surface area (Å²) in [5, 5.41) is 1.05. The third-order valence-electron chi connectivity index (χ3n) is 5.23. The smallest absolute Gasteiger partial charge is 0.399 e. The van der Waals surface area contributed by atoms with E-state index in [1.54, 1.807) is 18.2 Å². The second-order valence-electron chi connectivity index (χ2n) is 7.35. The van der Waals surface area contributed by atoms with Gasteiger partial charge >= 0.3 is 6.36 Å². The van der Waals surface area contributed by atoms with Gasteiger partial charge in [-0.25, -0.2) is 17.6 Å². The molecule has 0 amide bonds. The molecule has 33 heavy (non-hydrogen) atoms. The van der Waals surface area contributed by atoms with Crippen LogP contribution in [0, 0.1) is 23.3 Å². The van der Waals surface area contributed by atoms with Gasteiger partial charge in [0.25, 0.3) is 0 Å². The maximum absolute atomic E-state index is 15.1. The number of aryl methyl sites for hydroxylation is 1. The van der Waals surface area contributed by atoms with Crippen LogP contribution in [-0.2, 0) is 6.42 Å². The fourth-order valence-corrected chi connectivity index (χ4v) is 3.63. The molecule has 0 bridgehead atoms. The topological polar surface area (TPSA) is 9.23 Å². The molecule has 0 fully saturated rings. The van der Waals surface area contributed by atoms with E-state index in [1.165, 1.54) is 18.2 Å². The van der Waals surface area contributed by atoms with Crippen LogP contribution >= 0.6 is 0 Å². The van der Waals surface area contributed by atoms with Crippen LogP contribution in [0.1, 0.15) is 12.5 Å². The van der Waals surface area contributed by atoms with Crippen molar-refractivity contribution >= 4 is 10.8 Å². The van der Waals surface area contributed by atoms with Gasteiger partial charge in [0.15, 0.2) is 11.6 Å².